The number of nitrogens with zero attached hydrogens (tertiary/aromatic N) is 1. The predicted molar refractivity (Wildman–Crippen MR) is 117 cm³/mol. The number of fused-ring (bicyclic) bond motifs is 1. The molecule has 32 heavy (non-hydrogen) atoms. The molecule has 2 heterocycles. The van der Waals surface area contributed by atoms with Crippen LogP contribution in [0.3, 0.4) is 0 Å². The highest BCUT2D eigenvalue weighted by molar-refractivity contribution is 5.95. The standard InChI is InChI=1S/C24H25N3O5/c1-15-12-17(19-4-2-3-5-21(19)25-15)13-32-18-8-6-16(7-9-18)23(28)26-22-14-31-11-10-20(22)24(29)27-30/h2-9,12,20,22,30H,10-11,13-14H2,1H3,(H,26,28)(H,27,29)/t20-,22+/m0/s1. The van der Waals surface area contributed by atoms with Gasteiger partial charge in [-0.1, -0.05) is 18.2 Å². The zero-order valence-corrected chi connectivity index (χ0v) is 17.7. The lowest BCUT2D eigenvalue weighted by molar-refractivity contribution is -0.137. The maximum Gasteiger partial charge on any atom is 0.251 e. The summed E-state index contributed by atoms with van der Waals surface area (Å²) >= 11 is 0. The molecular weight excluding hydrogens is 410 g/mol. The minimum Gasteiger partial charge on any atom is -0.489 e. The molecule has 0 bridgehead atoms. The molecule has 4 rings (SSSR count). The van der Waals surface area contributed by atoms with E-state index in [1.165, 1.54) is 0 Å². The van der Waals surface area contributed by atoms with Crippen molar-refractivity contribution in [3.8, 4) is 5.75 Å². The van der Waals surface area contributed by atoms with Crippen LogP contribution < -0.4 is 15.5 Å². The van der Waals surface area contributed by atoms with Crippen LogP contribution in [0.2, 0.25) is 0 Å². The molecule has 2 amide bonds. The van der Waals surface area contributed by atoms with Crippen molar-refractivity contribution in [1.29, 1.82) is 0 Å². The van der Waals surface area contributed by atoms with E-state index >= 15 is 0 Å². The van der Waals surface area contributed by atoms with Crippen LogP contribution in [-0.4, -0.2) is 41.3 Å². The SMILES string of the molecule is Cc1cc(COc2ccc(C(=O)N[C@@H]3COCC[C@@H]3C(=O)NO)cc2)c2ccccc2n1. The molecule has 0 saturated carbocycles. The van der Waals surface area contributed by atoms with Crippen molar-refractivity contribution >= 4 is 22.7 Å². The smallest absolute Gasteiger partial charge is 0.251 e. The van der Waals surface area contributed by atoms with Crippen LogP contribution >= 0.6 is 0 Å². The van der Waals surface area contributed by atoms with Crippen molar-refractivity contribution in [2.75, 3.05) is 13.2 Å². The summed E-state index contributed by atoms with van der Waals surface area (Å²) in [6.45, 7) is 2.95. The highest BCUT2D eigenvalue weighted by atomic mass is 16.5. The van der Waals surface area contributed by atoms with Gasteiger partial charge < -0.3 is 14.8 Å². The molecule has 2 aromatic carbocycles. The van der Waals surface area contributed by atoms with Gasteiger partial charge in [0.15, 0.2) is 0 Å². The lowest BCUT2D eigenvalue weighted by Gasteiger charge is -2.30. The first-order valence-corrected chi connectivity index (χ1v) is 10.5. The molecule has 166 valence electrons. The van der Waals surface area contributed by atoms with E-state index in [1.807, 2.05) is 37.3 Å². The van der Waals surface area contributed by atoms with E-state index in [2.05, 4.69) is 10.3 Å². The Labute approximate surface area is 185 Å². The number of carbonyl (C=O) groups is 2. The number of hydrogen-bond donors (Lipinski definition) is 3. The van der Waals surface area contributed by atoms with Crippen molar-refractivity contribution in [3.05, 3.63) is 71.4 Å². The summed E-state index contributed by atoms with van der Waals surface area (Å²) in [5.41, 5.74) is 5.00. The molecule has 3 N–H and O–H groups in total. The first kappa shape index (κ1) is 21.7. The largest absolute Gasteiger partial charge is 0.489 e. The summed E-state index contributed by atoms with van der Waals surface area (Å²) in [5.74, 6) is -0.752. The van der Waals surface area contributed by atoms with Crippen LogP contribution in [0, 0.1) is 12.8 Å². The van der Waals surface area contributed by atoms with Gasteiger partial charge in [-0.15, -0.1) is 0 Å². The summed E-state index contributed by atoms with van der Waals surface area (Å²) in [6.07, 6.45) is 0.424. The molecule has 8 nitrogen and oxygen atoms in total. The van der Waals surface area contributed by atoms with Gasteiger partial charge in [0.25, 0.3) is 5.91 Å². The number of carbonyl (C=O) groups excluding carboxylic acids is 2. The molecule has 1 aliphatic heterocycles. The number of para-hydroxylation sites is 1. The van der Waals surface area contributed by atoms with Crippen molar-refractivity contribution in [3.63, 3.8) is 0 Å². The van der Waals surface area contributed by atoms with E-state index < -0.39 is 17.9 Å². The third-order valence-electron chi connectivity index (χ3n) is 5.56. The third-order valence-corrected chi connectivity index (χ3v) is 5.56. The van der Waals surface area contributed by atoms with Gasteiger partial charge in [0.05, 0.1) is 24.1 Å². The minimum atomic E-state index is -0.543. The first-order valence-electron chi connectivity index (χ1n) is 10.5. The van der Waals surface area contributed by atoms with Crippen LogP contribution in [0.25, 0.3) is 10.9 Å². The van der Waals surface area contributed by atoms with Gasteiger partial charge in [0, 0.05) is 28.8 Å². The molecule has 1 aromatic heterocycles. The van der Waals surface area contributed by atoms with Gasteiger partial charge in [0.2, 0.25) is 5.91 Å². The number of benzene rings is 2. The van der Waals surface area contributed by atoms with Crippen molar-refractivity contribution in [1.82, 2.24) is 15.8 Å². The van der Waals surface area contributed by atoms with Crippen molar-refractivity contribution in [2.45, 2.75) is 26.0 Å². The first-order chi connectivity index (χ1) is 15.5. The number of rotatable bonds is 6. The van der Waals surface area contributed by atoms with Gasteiger partial charge in [-0.3, -0.25) is 19.8 Å². The number of hydrogen-bond acceptors (Lipinski definition) is 6. The number of pyridine rings is 1. The fraction of sp³-hybridized carbons (Fsp3) is 0.292. The Bertz CT molecular complexity index is 1120. The Morgan fingerprint density at radius 2 is 1.97 bits per heavy atom. The monoisotopic (exact) mass is 435 g/mol. The molecule has 1 fully saturated rings. The van der Waals surface area contributed by atoms with Crippen LogP contribution in [0.4, 0.5) is 0 Å². The van der Waals surface area contributed by atoms with Crippen LogP contribution in [0.15, 0.2) is 54.6 Å². The van der Waals surface area contributed by atoms with Crippen LogP contribution in [-0.2, 0) is 16.1 Å². The van der Waals surface area contributed by atoms with Gasteiger partial charge in [0.1, 0.15) is 12.4 Å². The minimum absolute atomic E-state index is 0.213. The normalized spacial score (nSPS) is 18.2. The predicted octanol–water partition coefficient (Wildman–Crippen LogP) is 2.76. The Balaban J connectivity index is 1.40. The highest BCUT2D eigenvalue weighted by Gasteiger charge is 2.32. The molecule has 3 aromatic rings. The highest BCUT2D eigenvalue weighted by Crippen LogP contribution is 2.21. The molecule has 0 aliphatic carbocycles. The molecular formula is C24H25N3O5. The number of amides is 2. The fourth-order valence-electron chi connectivity index (χ4n) is 3.91. The molecule has 0 spiro atoms. The van der Waals surface area contributed by atoms with Gasteiger partial charge in [-0.05, 0) is 49.7 Å². The topological polar surface area (TPSA) is 110 Å². The van der Waals surface area contributed by atoms with Gasteiger partial charge in [-0.2, -0.15) is 0 Å². The Morgan fingerprint density at radius 3 is 2.75 bits per heavy atom. The quantitative estimate of drug-likeness (QED) is 0.406. The molecule has 2 atom stereocenters. The van der Waals surface area contributed by atoms with E-state index in [4.69, 9.17) is 14.7 Å². The van der Waals surface area contributed by atoms with Gasteiger partial charge >= 0.3 is 0 Å². The summed E-state index contributed by atoms with van der Waals surface area (Å²) < 4.78 is 11.3. The fourth-order valence-corrected chi connectivity index (χ4v) is 3.91. The third kappa shape index (κ3) is 4.87. The molecule has 1 aliphatic rings. The summed E-state index contributed by atoms with van der Waals surface area (Å²) in [7, 11) is 0. The second-order valence-electron chi connectivity index (χ2n) is 7.78. The van der Waals surface area contributed by atoms with E-state index in [-0.39, 0.29) is 12.5 Å². The summed E-state index contributed by atoms with van der Waals surface area (Å²) in [6, 6.07) is 16.2. The number of hydroxylamine groups is 1. The Kier molecular flexibility index (Phi) is 6.63. The van der Waals surface area contributed by atoms with Crippen molar-refractivity contribution in [2.24, 2.45) is 5.92 Å². The summed E-state index contributed by atoms with van der Waals surface area (Å²) in [4.78, 5) is 29.0. The number of aromatic nitrogens is 1. The van der Waals surface area contributed by atoms with Gasteiger partial charge in [-0.25, -0.2) is 5.48 Å². The second kappa shape index (κ2) is 9.76. The average molecular weight is 435 g/mol. The number of aryl methyl sites for hydroxylation is 1. The van der Waals surface area contributed by atoms with Crippen LogP contribution in [0.1, 0.15) is 28.0 Å². The molecule has 1 saturated heterocycles. The maximum absolute atomic E-state index is 12.6. The van der Waals surface area contributed by atoms with Crippen LogP contribution in [0.5, 0.6) is 5.75 Å². The van der Waals surface area contributed by atoms with E-state index in [1.54, 1.807) is 29.7 Å². The molecule has 0 radical (unpaired) electrons. The Hall–Kier alpha value is -3.49. The Morgan fingerprint density at radius 1 is 1.19 bits per heavy atom. The van der Waals surface area contributed by atoms with E-state index in [0.717, 1.165) is 22.2 Å². The van der Waals surface area contributed by atoms with Crippen molar-refractivity contribution < 1.29 is 24.3 Å². The maximum atomic E-state index is 12.6. The van der Waals surface area contributed by atoms with E-state index in [0.29, 0.717) is 30.9 Å². The zero-order chi connectivity index (χ0) is 22.5. The number of ether oxygens (including phenoxy) is 2. The summed E-state index contributed by atoms with van der Waals surface area (Å²) in [5, 5.41) is 12.8. The molecule has 8 heteroatoms. The molecule has 0 unspecified atom stereocenters. The zero-order valence-electron chi connectivity index (χ0n) is 17.7. The van der Waals surface area contributed by atoms with E-state index in [9.17, 15) is 9.59 Å². The lowest BCUT2D eigenvalue weighted by atomic mass is 9.94. The number of nitrogens with one attached hydrogen (secondary N) is 2. The second-order valence-corrected chi connectivity index (χ2v) is 7.78. The lowest BCUT2D eigenvalue weighted by Crippen LogP contribution is -2.51. The average Bonchev–Trinajstić information content (AvgIpc) is 2.82.